The number of rotatable bonds is 8. The standard InChI is InChI=1S/C25H32N6O3/c1-4-11-29-14-18(3)30(15-17(29)2)24(20-8-6-10-22(32)13-20)19-7-5-9-21(12-19)25-26-28-31(27-25)16-23(33)34/h4-10,12-13,17-18,24,28,32H,1,11,14-16H2,2-3H3,(H,26,27)(H,33,34)/t17-,18+,24-/m1/s1. The van der Waals surface area contributed by atoms with Gasteiger partial charge in [-0.3, -0.25) is 20.0 Å². The van der Waals surface area contributed by atoms with Crippen molar-refractivity contribution in [2.24, 2.45) is 5.10 Å². The summed E-state index contributed by atoms with van der Waals surface area (Å²) in [5.74, 6) is -0.178. The molecule has 0 radical (unpaired) electrons. The number of piperazine rings is 1. The number of carbonyl (C=O) groups is 1. The number of phenols is 1. The fourth-order valence-corrected chi connectivity index (χ4v) is 4.76. The Hall–Kier alpha value is -3.40. The molecule has 0 saturated carbocycles. The van der Waals surface area contributed by atoms with Gasteiger partial charge in [0.15, 0.2) is 5.84 Å². The molecule has 3 atom stereocenters. The Balaban J connectivity index is 1.66. The van der Waals surface area contributed by atoms with Gasteiger partial charge in [-0.2, -0.15) is 0 Å². The number of phenolic OH excluding ortho intramolecular Hbond substituents is 1. The number of hydrogen-bond donors (Lipinski definition) is 4. The van der Waals surface area contributed by atoms with Crippen LogP contribution in [0.5, 0.6) is 5.75 Å². The second kappa shape index (κ2) is 10.3. The van der Waals surface area contributed by atoms with Gasteiger partial charge in [0.1, 0.15) is 12.3 Å². The summed E-state index contributed by atoms with van der Waals surface area (Å²) in [6, 6.07) is 16.1. The lowest BCUT2D eigenvalue weighted by Gasteiger charge is -2.47. The molecule has 9 heteroatoms. The highest BCUT2D eigenvalue weighted by Gasteiger charge is 2.34. The maximum Gasteiger partial charge on any atom is 0.321 e. The normalized spacial score (nSPS) is 22.5. The summed E-state index contributed by atoms with van der Waals surface area (Å²) in [5.41, 5.74) is 8.61. The number of aromatic hydroxyl groups is 1. The molecule has 0 bridgehead atoms. The minimum Gasteiger partial charge on any atom is -0.508 e. The van der Waals surface area contributed by atoms with Crippen molar-refractivity contribution in [3.63, 3.8) is 0 Å². The highest BCUT2D eigenvalue weighted by atomic mass is 16.4. The Bertz CT molecular complexity index is 1070. The first-order valence-corrected chi connectivity index (χ1v) is 11.4. The maximum atomic E-state index is 11.0. The van der Waals surface area contributed by atoms with Crippen molar-refractivity contribution < 1.29 is 15.0 Å². The van der Waals surface area contributed by atoms with Gasteiger partial charge in [0.25, 0.3) is 0 Å². The van der Waals surface area contributed by atoms with Gasteiger partial charge >= 0.3 is 5.97 Å². The molecule has 0 amide bonds. The van der Waals surface area contributed by atoms with Gasteiger partial charge in [0.2, 0.25) is 0 Å². The van der Waals surface area contributed by atoms with Crippen LogP contribution in [-0.2, 0) is 4.79 Å². The lowest BCUT2D eigenvalue weighted by Crippen LogP contribution is -2.57. The molecule has 1 saturated heterocycles. The van der Waals surface area contributed by atoms with E-state index in [9.17, 15) is 9.90 Å². The number of nitrogens with zero attached hydrogens (tertiary/aromatic N) is 4. The summed E-state index contributed by atoms with van der Waals surface area (Å²) in [4.78, 5) is 15.9. The molecule has 2 aromatic carbocycles. The first-order valence-electron chi connectivity index (χ1n) is 11.4. The number of nitrogens with one attached hydrogen (secondary N) is 2. The third-order valence-corrected chi connectivity index (χ3v) is 6.34. The van der Waals surface area contributed by atoms with E-state index in [1.165, 1.54) is 5.12 Å². The summed E-state index contributed by atoms with van der Waals surface area (Å²) >= 11 is 0. The zero-order valence-corrected chi connectivity index (χ0v) is 19.6. The molecule has 2 aromatic rings. The predicted molar refractivity (Wildman–Crippen MR) is 131 cm³/mol. The molecule has 0 unspecified atom stereocenters. The largest absolute Gasteiger partial charge is 0.508 e. The Morgan fingerprint density at radius 3 is 2.62 bits per heavy atom. The quantitative estimate of drug-likeness (QED) is 0.441. The monoisotopic (exact) mass is 464 g/mol. The van der Waals surface area contributed by atoms with Gasteiger partial charge in [0.05, 0.1) is 6.04 Å². The number of hydrazine groups is 2. The summed E-state index contributed by atoms with van der Waals surface area (Å²) in [5, 5.41) is 24.8. The predicted octanol–water partition coefficient (Wildman–Crippen LogP) is 2.13. The average molecular weight is 465 g/mol. The number of benzene rings is 2. The van der Waals surface area contributed by atoms with E-state index in [0.717, 1.165) is 36.3 Å². The number of carboxylic acid groups (broad SMARTS) is 1. The maximum absolute atomic E-state index is 11.0. The summed E-state index contributed by atoms with van der Waals surface area (Å²) in [6.07, 6.45) is 1.95. The van der Waals surface area contributed by atoms with Crippen molar-refractivity contribution in [3.05, 3.63) is 77.9 Å². The van der Waals surface area contributed by atoms with Gasteiger partial charge < -0.3 is 10.2 Å². The van der Waals surface area contributed by atoms with Crippen LogP contribution in [0.25, 0.3) is 0 Å². The van der Waals surface area contributed by atoms with Crippen LogP contribution in [0, 0.1) is 0 Å². The van der Waals surface area contributed by atoms with E-state index in [4.69, 9.17) is 5.11 Å². The first kappa shape index (κ1) is 23.7. The van der Waals surface area contributed by atoms with Crippen LogP contribution in [0.4, 0.5) is 0 Å². The van der Waals surface area contributed by atoms with E-state index in [1.807, 2.05) is 36.4 Å². The van der Waals surface area contributed by atoms with Crippen molar-refractivity contribution in [2.45, 2.75) is 32.0 Å². The fourth-order valence-electron chi connectivity index (χ4n) is 4.76. The molecular formula is C25H32N6O3. The summed E-state index contributed by atoms with van der Waals surface area (Å²) < 4.78 is 0. The second-order valence-corrected chi connectivity index (χ2v) is 8.91. The number of aliphatic carboxylic acids is 1. The molecule has 4 N–H and O–H groups in total. The van der Waals surface area contributed by atoms with Crippen LogP contribution in [0.3, 0.4) is 0 Å². The first-order chi connectivity index (χ1) is 16.4. The SMILES string of the molecule is C=CCN1C[C@H](C)N([C@@H](c2cccc(O)c2)c2cccc(C3=NNN(CC(=O)O)N3)c2)C[C@H]1C. The lowest BCUT2D eigenvalue weighted by molar-refractivity contribution is -0.139. The third kappa shape index (κ3) is 5.22. The van der Waals surface area contributed by atoms with Gasteiger partial charge in [-0.15, -0.1) is 16.8 Å². The molecule has 2 heterocycles. The fraction of sp³-hybridized carbons (Fsp3) is 0.360. The highest BCUT2D eigenvalue weighted by Crippen LogP contribution is 2.35. The van der Waals surface area contributed by atoms with E-state index >= 15 is 0 Å². The molecule has 2 aliphatic heterocycles. The van der Waals surface area contributed by atoms with Crippen LogP contribution in [0.2, 0.25) is 0 Å². The molecule has 34 heavy (non-hydrogen) atoms. The van der Waals surface area contributed by atoms with E-state index in [-0.39, 0.29) is 24.4 Å². The molecule has 4 rings (SSSR count). The second-order valence-electron chi connectivity index (χ2n) is 8.91. The third-order valence-electron chi connectivity index (χ3n) is 6.34. The molecule has 9 nitrogen and oxygen atoms in total. The Kier molecular flexibility index (Phi) is 7.16. The van der Waals surface area contributed by atoms with Crippen molar-refractivity contribution in [3.8, 4) is 5.75 Å². The van der Waals surface area contributed by atoms with Crippen molar-refractivity contribution in [1.82, 2.24) is 25.9 Å². The topological polar surface area (TPSA) is 104 Å². The van der Waals surface area contributed by atoms with E-state index in [1.54, 1.807) is 6.07 Å². The van der Waals surface area contributed by atoms with Gasteiger partial charge in [-0.25, -0.2) is 5.53 Å². The smallest absolute Gasteiger partial charge is 0.321 e. The molecule has 0 aliphatic carbocycles. The summed E-state index contributed by atoms with van der Waals surface area (Å²) in [6.45, 7) is 10.8. The minimum absolute atomic E-state index is 0.0690. The van der Waals surface area contributed by atoms with Gasteiger partial charge in [-0.05, 0) is 43.2 Å². The number of hydrogen-bond acceptors (Lipinski definition) is 8. The van der Waals surface area contributed by atoms with Gasteiger partial charge in [-0.1, -0.05) is 36.4 Å². The molecule has 0 spiro atoms. The molecule has 1 fully saturated rings. The van der Waals surface area contributed by atoms with Crippen molar-refractivity contribution in [2.75, 3.05) is 26.2 Å². The Morgan fingerprint density at radius 1 is 1.18 bits per heavy atom. The van der Waals surface area contributed by atoms with Crippen LogP contribution in [0.1, 0.15) is 36.6 Å². The van der Waals surface area contributed by atoms with Crippen LogP contribution in [-0.4, -0.2) is 75.2 Å². The summed E-state index contributed by atoms with van der Waals surface area (Å²) in [7, 11) is 0. The van der Waals surface area contributed by atoms with Crippen LogP contribution >= 0.6 is 0 Å². The van der Waals surface area contributed by atoms with E-state index in [2.05, 4.69) is 58.4 Å². The van der Waals surface area contributed by atoms with Gasteiger partial charge in [0, 0.05) is 37.3 Å². The zero-order chi connectivity index (χ0) is 24.2. The van der Waals surface area contributed by atoms with Crippen LogP contribution in [0.15, 0.2) is 66.3 Å². The zero-order valence-electron chi connectivity index (χ0n) is 19.6. The molecular weight excluding hydrogens is 432 g/mol. The number of carboxylic acids is 1. The number of amidine groups is 1. The molecule has 2 aliphatic rings. The van der Waals surface area contributed by atoms with Crippen molar-refractivity contribution >= 4 is 11.8 Å². The minimum atomic E-state index is -0.965. The van der Waals surface area contributed by atoms with Crippen molar-refractivity contribution in [1.29, 1.82) is 0 Å². The highest BCUT2D eigenvalue weighted by molar-refractivity contribution is 5.99. The number of hydrazone groups is 1. The average Bonchev–Trinajstić information content (AvgIpc) is 3.25. The Morgan fingerprint density at radius 2 is 1.91 bits per heavy atom. The van der Waals surface area contributed by atoms with E-state index in [0.29, 0.717) is 11.9 Å². The van der Waals surface area contributed by atoms with Crippen LogP contribution < -0.4 is 11.0 Å². The van der Waals surface area contributed by atoms with E-state index < -0.39 is 5.97 Å². The lowest BCUT2D eigenvalue weighted by atomic mass is 9.92. The molecule has 0 aromatic heterocycles. The molecule has 180 valence electrons. The Labute approximate surface area is 199 Å².